The van der Waals surface area contributed by atoms with Crippen molar-refractivity contribution in [1.29, 1.82) is 0 Å². The highest BCUT2D eigenvalue weighted by molar-refractivity contribution is 7.93. The molecule has 0 saturated heterocycles. The number of nitrogens with zero attached hydrogens (tertiary/aromatic N) is 2. The number of rotatable bonds is 5. The molecule has 6 nitrogen and oxygen atoms in total. The number of anilines is 2. The molecule has 1 aromatic carbocycles. The van der Waals surface area contributed by atoms with Crippen molar-refractivity contribution in [3.8, 4) is 0 Å². The number of sulfonamides is 1. The van der Waals surface area contributed by atoms with E-state index in [9.17, 15) is 8.42 Å². The fourth-order valence-electron chi connectivity index (χ4n) is 1.36. The van der Waals surface area contributed by atoms with Gasteiger partial charge in [-0.3, -0.25) is 4.72 Å². The van der Waals surface area contributed by atoms with E-state index in [4.69, 9.17) is 0 Å². The maximum Gasteiger partial charge on any atom is 0.262 e. The summed E-state index contributed by atoms with van der Waals surface area (Å²) in [7, 11) is -3.56. The van der Waals surface area contributed by atoms with Crippen LogP contribution in [0.25, 0.3) is 0 Å². The third kappa shape index (κ3) is 2.96. The molecule has 0 unspecified atom stereocenters. The Hall–Kier alpha value is -1.67. The smallest absolute Gasteiger partial charge is 0.262 e. The van der Waals surface area contributed by atoms with E-state index in [0.29, 0.717) is 5.00 Å². The number of hydrogen-bond donors (Lipinski definition) is 2. The summed E-state index contributed by atoms with van der Waals surface area (Å²) in [6.07, 6.45) is 1.37. The second kappa shape index (κ2) is 5.32. The van der Waals surface area contributed by atoms with E-state index >= 15 is 0 Å². The van der Waals surface area contributed by atoms with Crippen molar-refractivity contribution < 1.29 is 8.42 Å². The van der Waals surface area contributed by atoms with Gasteiger partial charge in [0.05, 0.1) is 11.1 Å². The van der Waals surface area contributed by atoms with Crippen LogP contribution in [-0.4, -0.2) is 24.5 Å². The van der Waals surface area contributed by atoms with Crippen LogP contribution in [0.4, 0.5) is 10.7 Å². The fraction of sp³-hybridized carbons (Fsp3) is 0.200. The monoisotopic (exact) mass is 284 g/mol. The van der Waals surface area contributed by atoms with E-state index in [0.717, 1.165) is 23.8 Å². The lowest BCUT2D eigenvalue weighted by Crippen LogP contribution is -2.12. The van der Waals surface area contributed by atoms with E-state index in [2.05, 4.69) is 19.6 Å². The summed E-state index contributed by atoms with van der Waals surface area (Å²) >= 11 is 0.992. The average Bonchev–Trinajstić information content (AvgIpc) is 2.82. The minimum Gasteiger partial charge on any atom is -0.385 e. The van der Waals surface area contributed by atoms with Gasteiger partial charge in [0.25, 0.3) is 10.0 Å². The minimum absolute atomic E-state index is 0.206. The van der Waals surface area contributed by atoms with Gasteiger partial charge in [0.15, 0.2) is 0 Å². The van der Waals surface area contributed by atoms with Crippen LogP contribution < -0.4 is 10.0 Å². The molecule has 0 fully saturated rings. The number of hydrogen-bond acceptors (Lipinski definition) is 6. The summed E-state index contributed by atoms with van der Waals surface area (Å²) in [4.78, 5) is 0.206. The lowest BCUT2D eigenvalue weighted by molar-refractivity contribution is 0.601. The zero-order chi connectivity index (χ0) is 13.0. The second-order valence-electron chi connectivity index (χ2n) is 3.44. The van der Waals surface area contributed by atoms with Crippen LogP contribution >= 0.6 is 11.5 Å². The zero-order valence-corrected chi connectivity index (χ0v) is 11.3. The van der Waals surface area contributed by atoms with Crippen LogP contribution in [0.3, 0.4) is 0 Å². The third-order valence-electron chi connectivity index (χ3n) is 2.14. The van der Waals surface area contributed by atoms with Crippen molar-refractivity contribution in [2.45, 2.75) is 11.8 Å². The van der Waals surface area contributed by atoms with E-state index in [-0.39, 0.29) is 4.90 Å². The third-order valence-corrected chi connectivity index (χ3v) is 4.23. The van der Waals surface area contributed by atoms with Crippen LogP contribution in [0.2, 0.25) is 0 Å². The molecular weight excluding hydrogens is 272 g/mol. The standard InChI is InChI=1S/C10H12N4O2S2/c1-2-11-8-3-5-9(6-4-8)18(15,16)13-10-7-12-14-17-10/h3-7,11,13H,2H2,1H3. The number of aromatic nitrogens is 2. The summed E-state index contributed by atoms with van der Waals surface area (Å²) in [6, 6.07) is 6.55. The Bertz CT molecular complexity index is 593. The molecule has 2 N–H and O–H groups in total. The Kier molecular flexibility index (Phi) is 3.78. The average molecular weight is 284 g/mol. The zero-order valence-electron chi connectivity index (χ0n) is 9.62. The summed E-state index contributed by atoms with van der Waals surface area (Å²) in [5.74, 6) is 0. The molecule has 0 atom stereocenters. The molecule has 0 amide bonds. The molecule has 0 bridgehead atoms. The van der Waals surface area contributed by atoms with Gasteiger partial charge in [-0.2, -0.15) is 0 Å². The van der Waals surface area contributed by atoms with Crippen LogP contribution in [-0.2, 0) is 10.0 Å². The van der Waals surface area contributed by atoms with E-state index in [1.807, 2.05) is 6.92 Å². The maximum absolute atomic E-state index is 12.0. The first-order valence-corrected chi connectivity index (χ1v) is 7.51. The van der Waals surface area contributed by atoms with Crippen molar-refractivity contribution in [2.75, 3.05) is 16.6 Å². The van der Waals surface area contributed by atoms with Gasteiger partial charge in [-0.15, -0.1) is 5.10 Å². The lowest BCUT2D eigenvalue weighted by atomic mass is 10.3. The molecule has 2 rings (SSSR count). The Labute approximate surface area is 109 Å². The largest absolute Gasteiger partial charge is 0.385 e. The summed E-state index contributed by atoms with van der Waals surface area (Å²) in [5.41, 5.74) is 0.885. The highest BCUT2D eigenvalue weighted by Gasteiger charge is 2.14. The normalized spacial score (nSPS) is 11.2. The van der Waals surface area contributed by atoms with E-state index in [1.165, 1.54) is 6.20 Å². The number of benzene rings is 1. The van der Waals surface area contributed by atoms with Crippen molar-refractivity contribution in [3.05, 3.63) is 30.5 Å². The first kappa shape index (κ1) is 12.8. The molecule has 0 spiro atoms. The van der Waals surface area contributed by atoms with E-state index < -0.39 is 10.0 Å². The molecule has 0 aliphatic rings. The van der Waals surface area contributed by atoms with Crippen LogP contribution in [0.15, 0.2) is 35.4 Å². The fourth-order valence-corrected chi connectivity index (χ4v) is 3.04. The molecule has 0 aliphatic carbocycles. The van der Waals surface area contributed by atoms with Gasteiger partial charge in [-0.05, 0) is 31.2 Å². The molecule has 1 heterocycles. The van der Waals surface area contributed by atoms with Gasteiger partial charge in [-0.25, -0.2) is 8.42 Å². The Morgan fingerprint density at radius 1 is 1.28 bits per heavy atom. The van der Waals surface area contributed by atoms with Gasteiger partial charge in [-0.1, -0.05) is 4.49 Å². The molecule has 96 valence electrons. The lowest BCUT2D eigenvalue weighted by Gasteiger charge is -2.07. The molecule has 0 aliphatic heterocycles. The molecular formula is C10H12N4O2S2. The van der Waals surface area contributed by atoms with Crippen molar-refractivity contribution in [1.82, 2.24) is 9.59 Å². The van der Waals surface area contributed by atoms with Gasteiger partial charge < -0.3 is 5.32 Å². The Balaban J connectivity index is 2.19. The molecule has 18 heavy (non-hydrogen) atoms. The summed E-state index contributed by atoms with van der Waals surface area (Å²) in [6.45, 7) is 2.76. The van der Waals surface area contributed by atoms with Crippen molar-refractivity contribution in [2.24, 2.45) is 0 Å². The maximum atomic E-state index is 12.0. The van der Waals surface area contributed by atoms with Gasteiger partial charge >= 0.3 is 0 Å². The second-order valence-corrected chi connectivity index (χ2v) is 5.91. The highest BCUT2D eigenvalue weighted by Crippen LogP contribution is 2.19. The molecule has 0 saturated carbocycles. The number of nitrogens with one attached hydrogen (secondary N) is 2. The predicted molar refractivity (Wildman–Crippen MR) is 71.3 cm³/mol. The van der Waals surface area contributed by atoms with Crippen LogP contribution in [0, 0.1) is 0 Å². The van der Waals surface area contributed by atoms with Gasteiger partial charge in [0.1, 0.15) is 5.00 Å². The Morgan fingerprint density at radius 3 is 2.56 bits per heavy atom. The predicted octanol–water partition coefficient (Wildman–Crippen LogP) is 1.77. The molecule has 1 aromatic heterocycles. The Morgan fingerprint density at radius 2 is 2.00 bits per heavy atom. The SMILES string of the molecule is CCNc1ccc(S(=O)(=O)Nc2cnns2)cc1. The highest BCUT2D eigenvalue weighted by atomic mass is 32.2. The molecule has 0 radical (unpaired) electrons. The van der Waals surface area contributed by atoms with Crippen LogP contribution in [0.1, 0.15) is 6.92 Å². The van der Waals surface area contributed by atoms with Crippen molar-refractivity contribution in [3.63, 3.8) is 0 Å². The molecule has 2 aromatic rings. The van der Waals surface area contributed by atoms with Gasteiger partial charge in [0.2, 0.25) is 0 Å². The van der Waals surface area contributed by atoms with Crippen molar-refractivity contribution >= 4 is 32.2 Å². The summed E-state index contributed by atoms with van der Waals surface area (Å²) in [5, 5.41) is 7.06. The first-order chi connectivity index (χ1) is 8.62. The summed E-state index contributed by atoms with van der Waals surface area (Å²) < 4.78 is 30.0. The minimum atomic E-state index is -3.56. The van der Waals surface area contributed by atoms with Gasteiger partial charge in [0, 0.05) is 23.8 Å². The van der Waals surface area contributed by atoms with E-state index in [1.54, 1.807) is 24.3 Å². The molecule has 8 heteroatoms. The topological polar surface area (TPSA) is 84.0 Å². The van der Waals surface area contributed by atoms with Crippen LogP contribution in [0.5, 0.6) is 0 Å². The quantitative estimate of drug-likeness (QED) is 0.874. The first-order valence-electron chi connectivity index (χ1n) is 5.26.